The van der Waals surface area contributed by atoms with Crippen molar-refractivity contribution in [3.8, 4) is 5.75 Å². The lowest BCUT2D eigenvalue weighted by molar-refractivity contribution is 0.414. The summed E-state index contributed by atoms with van der Waals surface area (Å²) >= 11 is 0. The Balaban J connectivity index is 2.09. The quantitative estimate of drug-likeness (QED) is 0.847. The van der Waals surface area contributed by atoms with Crippen LogP contribution in [0.2, 0.25) is 0 Å². The van der Waals surface area contributed by atoms with Gasteiger partial charge in [0.1, 0.15) is 16.5 Å². The molecule has 0 bridgehead atoms. The van der Waals surface area contributed by atoms with Gasteiger partial charge in [0, 0.05) is 19.8 Å². The Morgan fingerprint density at radius 3 is 2.67 bits per heavy atom. The van der Waals surface area contributed by atoms with Crippen molar-refractivity contribution in [2.45, 2.75) is 11.4 Å². The summed E-state index contributed by atoms with van der Waals surface area (Å²) in [6, 6.07) is 10.3. The zero-order valence-electron chi connectivity index (χ0n) is 11.8. The predicted molar refractivity (Wildman–Crippen MR) is 80.8 cm³/mol. The van der Waals surface area contributed by atoms with E-state index in [2.05, 4.69) is 15.0 Å². The van der Waals surface area contributed by atoms with Gasteiger partial charge in [0.05, 0.1) is 7.11 Å². The number of nitrogens with zero attached hydrogens (tertiary/aromatic N) is 1. The van der Waals surface area contributed by atoms with Gasteiger partial charge < -0.3 is 10.1 Å². The molecule has 112 valence electrons. The largest absolute Gasteiger partial charge is 0.497 e. The second-order valence-corrected chi connectivity index (χ2v) is 6.07. The van der Waals surface area contributed by atoms with Crippen molar-refractivity contribution in [3.63, 3.8) is 0 Å². The number of pyridine rings is 1. The molecule has 1 heterocycles. The Morgan fingerprint density at radius 1 is 1.24 bits per heavy atom. The molecule has 0 aliphatic rings. The van der Waals surface area contributed by atoms with Crippen molar-refractivity contribution in [1.29, 1.82) is 0 Å². The van der Waals surface area contributed by atoms with Crippen LogP contribution in [0.25, 0.3) is 0 Å². The van der Waals surface area contributed by atoms with Crippen LogP contribution >= 0.6 is 0 Å². The summed E-state index contributed by atoms with van der Waals surface area (Å²) in [6.45, 7) is 0.188. The van der Waals surface area contributed by atoms with E-state index >= 15 is 0 Å². The number of anilines is 1. The van der Waals surface area contributed by atoms with Gasteiger partial charge in [0.2, 0.25) is 10.0 Å². The minimum atomic E-state index is -3.58. The summed E-state index contributed by atoms with van der Waals surface area (Å²) in [6.07, 6.45) is 1.32. The molecule has 0 saturated carbocycles. The van der Waals surface area contributed by atoms with Crippen LogP contribution < -0.4 is 14.8 Å². The summed E-state index contributed by atoms with van der Waals surface area (Å²) in [5, 5.41) is 2.84. The maximum Gasteiger partial charge on any atom is 0.242 e. The average molecular weight is 307 g/mol. The molecule has 0 aliphatic heterocycles. The fourth-order valence-electron chi connectivity index (χ4n) is 1.73. The van der Waals surface area contributed by atoms with Crippen LogP contribution in [0, 0.1) is 0 Å². The first-order chi connectivity index (χ1) is 10.0. The first-order valence-corrected chi connectivity index (χ1v) is 7.80. The molecule has 7 heteroatoms. The number of aromatic nitrogens is 1. The van der Waals surface area contributed by atoms with Gasteiger partial charge in [0.25, 0.3) is 0 Å². The van der Waals surface area contributed by atoms with Crippen LogP contribution in [-0.2, 0) is 16.6 Å². The number of benzene rings is 1. The molecule has 6 nitrogen and oxygen atoms in total. The zero-order valence-corrected chi connectivity index (χ0v) is 12.6. The van der Waals surface area contributed by atoms with E-state index in [0.717, 1.165) is 5.56 Å². The highest BCUT2D eigenvalue weighted by atomic mass is 32.2. The van der Waals surface area contributed by atoms with Crippen molar-refractivity contribution in [2.24, 2.45) is 0 Å². The highest BCUT2D eigenvalue weighted by Crippen LogP contribution is 2.14. The van der Waals surface area contributed by atoms with E-state index in [1.807, 2.05) is 12.1 Å². The molecule has 2 rings (SSSR count). The van der Waals surface area contributed by atoms with Crippen LogP contribution in [0.3, 0.4) is 0 Å². The van der Waals surface area contributed by atoms with Gasteiger partial charge in [-0.15, -0.1) is 0 Å². The van der Waals surface area contributed by atoms with Crippen LogP contribution in [-0.4, -0.2) is 27.6 Å². The Bertz CT molecular complexity index is 700. The fourth-order valence-corrected chi connectivity index (χ4v) is 2.69. The smallest absolute Gasteiger partial charge is 0.242 e. The molecule has 2 aromatic rings. The molecule has 0 amide bonds. The molecular weight excluding hydrogens is 290 g/mol. The van der Waals surface area contributed by atoms with Gasteiger partial charge in [-0.3, -0.25) is 0 Å². The van der Waals surface area contributed by atoms with E-state index in [0.29, 0.717) is 11.6 Å². The van der Waals surface area contributed by atoms with Crippen molar-refractivity contribution >= 4 is 15.8 Å². The number of nitrogens with one attached hydrogen (secondary N) is 2. The molecule has 0 unspecified atom stereocenters. The van der Waals surface area contributed by atoms with Gasteiger partial charge >= 0.3 is 0 Å². The molecule has 0 radical (unpaired) electrons. The number of hydrogen-bond acceptors (Lipinski definition) is 5. The van der Waals surface area contributed by atoms with Crippen LogP contribution in [0.5, 0.6) is 5.75 Å². The van der Waals surface area contributed by atoms with Crippen molar-refractivity contribution in [3.05, 3.63) is 48.2 Å². The van der Waals surface area contributed by atoms with Crippen LogP contribution in [0.1, 0.15) is 5.56 Å². The topological polar surface area (TPSA) is 80.3 Å². The Morgan fingerprint density at radius 2 is 2.05 bits per heavy atom. The first-order valence-electron chi connectivity index (χ1n) is 6.31. The summed E-state index contributed by atoms with van der Waals surface area (Å²) in [4.78, 5) is 4.12. The van der Waals surface area contributed by atoms with E-state index in [9.17, 15) is 8.42 Å². The molecule has 1 aromatic heterocycles. The van der Waals surface area contributed by atoms with E-state index in [1.54, 1.807) is 32.4 Å². The maximum atomic E-state index is 12.2. The highest BCUT2D eigenvalue weighted by molar-refractivity contribution is 7.89. The summed E-state index contributed by atoms with van der Waals surface area (Å²) in [7, 11) is -0.297. The molecule has 0 fully saturated rings. The lowest BCUT2D eigenvalue weighted by Gasteiger charge is -2.08. The normalized spacial score (nSPS) is 11.1. The maximum absolute atomic E-state index is 12.2. The van der Waals surface area contributed by atoms with Crippen LogP contribution in [0.15, 0.2) is 47.5 Å². The minimum absolute atomic E-state index is 0.129. The van der Waals surface area contributed by atoms with E-state index in [-0.39, 0.29) is 11.4 Å². The second-order valence-electron chi connectivity index (χ2n) is 4.31. The fraction of sp³-hybridized carbons (Fsp3) is 0.214. The lowest BCUT2D eigenvalue weighted by atomic mass is 10.2. The van der Waals surface area contributed by atoms with Crippen molar-refractivity contribution < 1.29 is 13.2 Å². The zero-order chi connectivity index (χ0) is 15.3. The predicted octanol–water partition coefficient (Wildman–Crippen LogP) is 1.61. The third-order valence-corrected chi connectivity index (χ3v) is 4.29. The first kappa shape index (κ1) is 15.3. The summed E-state index contributed by atoms with van der Waals surface area (Å²) in [5.41, 5.74) is 0.817. The Labute approximate surface area is 124 Å². The van der Waals surface area contributed by atoms with Gasteiger partial charge in [-0.1, -0.05) is 12.1 Å². The lowest BCUT2D eigenvalue weighted by Crippen LogP contribution is -2.23. The standard InChI is InChI=1S/C14H17N3O3S/c1-15-14-7-6-13(10-16-14)21(18,19)17-9-11-4-3-5-12(8-11)20-2/h3-8,10,17H,9H2,1-2H3,(H,15,16). The van der Waals surface area contributed by atoms with Gasteiger partial charge in [0.15, 0.2) is 0 Å². The Kier molecular flexibility index (Phi) is 4.77. The summed E-state index contributed by atoms with van der Waals surface area (Å²) in [5.74, 6) is 1.30. The molecule has 21 heavy (non-hydrogen) atoms. The molecular formula is C14H17N3O3S. The summed E-state index contributed by atoms with van der Waals surface area (Å²) < 4.78 is 32.0. The third-order valence-electron chi connectivity index (χ3n) is 2.90. The molecule has 0 saturated heterocycles. The number of ether oxygens (including phenoxy) is 1. The SMILES string of the molecule is CNc1ccc(S(=O)(=O)NCc2cccc(OC)c2)cn1. The molecule has 2 N–H and O–H groups in total. The molecule has 0 spiro atoms. The van der Waals surface area contributed by atoms with Gasteiger partial charge in [-0.05, 0) is 29.8 Å². The number of rotatable bonds is 6. The van der Waals surface area contributed by atoms with E-state index in [1.165, 1.54) is 12.3 Å². The number of hydrogen-bond donors (Lipinski definition) is 2. The monoisotopic (exact) mass is 307 g/mol. The van der Waals surface area contributed by atoms with E-state index in [4.69, 9.17) is 4.74 Å². The van der Waals surface area contributed by atoms with Crippen LogP contribution in [0.4, 0.5) is 5.82 Å². The second kappa shape index (κ2) is 6.55. The minimum Gasteiger partial charge on any atom is -0.497 e. The van der Waals surface area contributed by atoms with Crippen molar-refractivity contribution in [1.82, 2.24) is 9.71 Å². The molecule has 0 atom stereocenters. The number of methoxy groups -OCH3 is 1. The third kappa shape index (κ3) is 3.93. The molecule has 0 aliphatic carbocycles. The highest BCUT2D eigenvalue weighted by Gasteiger charge is 2.14. The Hall–Kier alpha value is -2.12. The van der Waals surface area contributed by atoms with Gasteiger partial charge in [-0.2, -0.15) is 0 Å². The van der Waals surface area contributed by atoms with Gasteiger partial charge in [-0.25, -0.2) is 18.1 Å². The molecule has 1 aromatic carbocycles. The van der Waals surface area contributed by atoms with E-state index < -0.39 is 10.0 Å². The number of sulfonamides is 1. The van der Waals surface area contributed by atoms with Crippen molar-refractivity contribution in [2.75, 3.05) is 19.5 Å². The average Bonchev–Trinajstić information content (AvgIpc) is 2.53.